The first kappa shape index (κ1) is 23.1. The first-order valence-corrected chi connectivity index (χ1v) is 10.4. The monoisotopic (exact) mass is 364 g/mol. The third kappa shape index (κ3) is 10.9. The molecule has 0 aromatic carbocycles. The minimum absolute atomic E-state index is 0.0326. The second-order valence-electron chi connectivity index (χ2n) is 7.84. The molecule has 2 atom stereocenters. The van der Waals surface area contributed by atoms with Gasteiger partial charge in [-0.1, -0.05) is 34.9 Å². The molecule has 1 rings (SSSR count). The number of aliphatic hydroxyl groups excluding tert-OH is 2. The zero-order valence-corrected chi connectivity index (χ0v) is 17.2. The summed E-state index contributed by atoms with van der Waals surface area (Å²) in [5, 5.41) is 18.8. The van der Waals surface area contributed by atoms with Gasteiger partial charge in [-0.15, -0.1) is 0 Å². The van der Waals surface area contributed by atoms with E-state index in [1.165, 1.54) is 48.8 Å². The topological polar surface area (TPSA) is 49.7 Å². The maximum Gasteiger partial charge on any atom is 0.157 e. The van der Waals surface area contributed by atoms with E-state index in [9.17, 15) is 5.11 Å². The molecule has 0 fully saturated rings. The summed E-state index contributed by atoms with van der Waals surface area (Å²) < 4.78 is 5.27. The number of ether oxygens (including phenoxy) is 1. The minimum Gasteiger partial charge on any atom is -0.394 e. The van der Waals surface area contributed by atoms with Crippen molar-refractivity contribution in [1.29, 1.82) is 0 Å². The highest BCUT2D eigenvalue weighted by atomic mass is 16.6. The molecule has 0 saturated heterocycles. The van der Waals surface area contributed by atoms with Gasteiger partial charge in [-0.25, -0.2) is 0 Å². The van der Waals surface area contributed by atoms with Crippen LogP contribution in [0, 0.1) is 5.92 Å². The van der Waals surface area contributed by atoms with Crippen molar-refractivity contribution in [3.05, 3.63) is 34.9 Å². The number of rotatable bonds is 12. The van der Waals surface area contributed by atoms with Gasteiger partial charge in [0.15, 0.2) is 6.29 Å². The molecule has 0 aromatic heterocycles. The van der Waals surface area contributed by atoms with Crippen molar-refractivity contribution < 1.29 is 14.9 Å². The van der Waals surface area contributed by atoms with Crippen LogP contribution >= 0.6 is 0 Å². The van der Waals surface area contributed by atoms with E-state index in [4.69, 9.17) is 9.84 Å². The lowest BCUT2D eigenvalue weighted by molar-refractivity contribution is -0.142. The zero-order chi connectivity index (χ0) is 19.2. The zero-order valence-electron chi connectivity index (χ0n) is 17.2. The summed E-state index contributed by atoms with van der Waals surface area (Å²) in [7, 11) is 0. The van der Waals surface area contributed by atoms with Crippen LogP contribution in [0.25, 0.3) is 0 Å². The Kier molecular flexibility index (Phi) is 12.6. The van der Waals surface area contributed by atoms with Crippen LogP contribution in [0.1, 0.15) is 85.0 Å². The largest absolute Gasteiger partial charge is 0.394 e. The van der Waals surface area contributed by atoms with Crippen LogP contribution in [0.4, 0.5) is 0 Å². The summed E-state index contributed by atoms with van der Waals surface area (Å²) in [4.78, 5) is 0. The molecule has 2 N–H and O–H groups in total. The fourth-order valence-electron chi connectivity index (χ4n) is 3.49. The van der Waals surface area contributed by atoms with E-state index >= 15 is 0 Å². The normalized spacial score (nSPS) is 19.7. The number of unbranched alkanes of at least 4 members (excludes halogenated alkanes) is 2. The van der Waals surface area contributed by atoms with Gasteiger partial charge in [0.05, 0.1) is 13.2 Å². The minimum atomic E-state index is -0.730. The lowest BCUT2D eigenvalue weighted by Gasteiger charge is -2.21. The summed E-state index contributed by atoms with van der Waals surface area (Å²) in [5.41, 5.74) is 4.47. The highest BCUT2D eigenvalue weighted by molar-refractivity contribution is 5.06. The van der Waals surface area contributed by atoms with Crippen molar-refractivity contribution in [2.45, 2.75) is 91.3 Å². The molecule has 0 saturated carbocycles. The van der Waals surface area contributed by atoms with Gasteiger partial charge in [-0.2, -0.15) is 0 Å². The average molecular weight is 365 g/mol. The Hall–Kier alpha value is -0.900. The van der Waals surface area contributed by atoms with Crippen LogP contribution in [0.3, 0.4) is 0 Å². The summed E-state index contributed by atoms with van der Waals surface area (Å²) in [5.74, 6) is 0.193. The predicted molar refractivity (Wildman–Crippen MR) is 110 cm³/mol. The molecular formula is C23H40O3. The quantitative estimate of drug-likeness (QED) is 0.266. The third-order valence-corrected chi connectivity index (χ3v) is 5.11. The van der Waals surface area contributed by atoms with Crippen LogP contribution in [-0.4, -0.2) is 29.7 Å². The highest BCUT2D eigenvalue weighted by Gasteiger charge is 2.21. The van der Waals surface area contributed by atoms with Gasteiger partial charge in [0.25, 0.3) is 0 Å². The van der Waals surface area contributed by atoms with E-state index in [0.29, 0.717) is 0 Å². The van der Waals surface area contributed by atoms with Gasteiger partial charge in [0.1, 0.15) is 0 Å². The van der Waals surface area contributed by atoms with Crippen LogP contribution in [0.5, 0.6) is 0 Å². The van der Waals surface area contributed by atoms with Crippen LogP contribution < -0.4 is 0 Å². The molecule has 150 valence electrons. The highest BCUT2D eigenvalue weighted by Crippen LogP contribution is 2.28. The summed E-state index contributed by atoms with van der Waals surface area (Å²) >= 11 is 0. The van der Waals surface area contributed by atoms with Gasteiger partial charge in [0.2, 0.25) is 0 Å². The Morgan fingerprint density at radius 1 is 1.19 bits per heavy atom. The molecular weight excluding hydrogens is 324 g/mol. The lowest BCUT2D eigenvalue weighted by Crippen LogP contribution is -2.24. The van der Waals surface area contributed by atoms with Crippen molar-refractivity contribution in [3.8, 4) is 0 Å². The van der Waals surface area contributed by atoms with Crippen molar-refractivity contribution in [2.24, 2.45) is 5.92 Å². The van der Waals surface area contributed by atoms with Gasteiger partial charge in [0, 0.05) is 5.92 Å². The molecule has 0 spiro atoms. The van der Waals surface area contributed by atoms with E-state index in [0.717, 1.165) is 32.1 Å². The molecule has 0 amide bonds. The Balaban J connectivity index is 2.20. The maximum atomic E-state index is 10.0. The smallest absolute Gasteiger partial charge is 0.157 e. The van der Waals surface area contributed by atoms with Crippen LogP contribution in [-0.2, 0) is 4.74 Å². The van der Waals surface area contributed by atoms with E-state index in [1.54, 1.807) is 0 Å². The van der Waals surface area contributed by atoms with Crippen molar-refractivity contribution in [2.75, 3.05) is 13.2 Å². The molecule has 1 aliphatic carbocycles. The van der Waals surface area contributed by atoms with Gasteiger partial charge in [-0.3, -0.25) is 0 Å². The molecule has 0 aromatic rings. The fourth-order valence-corrected chi connectivity index (χ4v) is 3.49. The number of hydrogen-bond acceptors (Lipinski definition) is 3. The number of allylic oxidation sites excluding steroid dienone is 6. The number of aliphatic hydroxyl groups is 2. The molecule has 0 radical (unpaired) electrons. The standard InChI is InChI=1S/C23H40O3/c1-19(2)9-4-5-10-20(3)11-6-7-12-21-13-8-14-22(16-15-21)23(25)26-18-17-24/h9,11,13,22-25H,4-8,10,12,14-18H2,1-3H3/b20-11+. The van der Waals surface area contributed by atoms with E-state index in [1.807, 2.05) is 0 Å². The molecule has 0 bridgehead atoms. The third-order valence-electron chi connectivity index (χ3n) is 5.11. The van der Waals surface area contributed by atoms with Crippen LogP contribution in [0.15, 0.2) is 34.9 Å². The van der Waals surface area contributed by atoms with Crippen molar-refractivity contribution in [1.82, 2.24) is 0 Å². The Labute approximate surface area is 160 Å². The average Bonchev–Trinajstić information content (AvgIpc) is 2.86. The molecule has 0 heterocycles. The lowest BCUT2D eigenvalue weighted by atomic mass is 9.97. The first-order valence-electron chi connectivity index (χ1n) is 10.4. The summed E-state index contributed by atoms with van der Waals surface area (Å²) in [6.07, 6.45) is 17.6. The Bertz CT molecular complexity index is 458. The van der Waals surface area contributed by atoms with E-state index in [-0.39, 0.29) is 19.1 Å². The first-order chi connectivity index (χ1) is 12.5. The van der Waals surface area contributed by atoms with E-state index in [2.05, 4.69) is 39.0 Å². The fraction of sp³-hybridized carbons (Fsp3) is 0.739. The second kappa shape index (κ2) is 14.2. The SMILES string of the molecule is CC(C)=CCCC/C(C)=C/CCCC1=CCCC(C(O)OCCO)CC1. The van der Waals surface area contributed by atoms with Gasteiger partial charge >= 0.3 is 0 Å². The maximum absolute atomic E-state index is 10.0. The molecule has 0 aliphatic heterocycles. The number of hydrogen-bond donors (Lipinski definition) is 2. The molecule has 2 unspecified atom stereocenters. The van der Waals surface area contributed by atoms with Gasteiger partial charge < -0.3 is 14.9 Å². The molecule has 26 heavy (non-hydrogen) atoms. The summed E-state index contributed by atoms with van der Waals surface area (Å²) in [6, 6.07) is 0. The van der Waals surface area contributed by atoms with Gasteiger partial charge in [-0.05, 0) is 85.0 Å². The Morgan fingerprint density at radius 2 is 1.96 bits per heavy atom. The predicted octanol–water partition coefficient (Wildman–Crippen LogP) is 5.68. The second-order valence-corrected chi connectivity index (χ2v) is 7.84. The molecule has 1 aliphatic rings. The molecule has 3 heteroatoms. The summed E-state index contributed by atoms with van der Waals surface area (Å²) in [6.45, 7) is 6.77. The molecule has 3 nitrogen and oxygen atoms in total. The van der Waals surface area contributed by atoms with Crippen LogP contribution in [0.2, 0.25) is 0 Å². The van der Waals surface area contributed by atoms with Crippen molar-refractivity contribution in [3.63, 3.8) is 0 Å². The Morgan fingerprint density at radius 3 is 2.69 bits per heavy atom. The van der Waals surface area contributed by atoms with E-state index < -0.39 is 6.29 Å². The van der Waals surface area contributed by atoms with Crippen molar-refractivity contribution >= 4 is 0 Å².